The Balaban J connectivity index is 2.53. The molecule has 19 heavy (non-hydrogen) atoms. The zero-order chi connectivity index (χ0) is 14.2. The largest absolute Gasteiger partial charge is 0.504 e. The summed E-state index contributed by atoms with van der Waals surface area (Å²) in [5, 5.41) is 32.1. The molecule has 1 aromatic heterocycles. The van der Waals surface area contributed by atoms with Crippen molar-refractivity contribution in [2.45, 2.75) is 0 Å². The molecule has 1 heterocycles. The normalized spacial score (nSPS) is 10.4. The molecule has 2 N–H and O–H groups in total. The Kier molecular flexibility index (Phi) is 2.87. The molecule has 2 aromatic rings. The second-order valence-corrected chi connectivity index (χ2v) is 3.51. The minimum Gasteiger partial charge on any atom is -0.504 e. The smallest absolute Gasteiger partial charge is 0.360 e. The fraction of sp³-hybridized carbons (Fsp3) is 0. The molecule has 9 heteroatoms. The van der Waals surface area contributed by atoms with E-state index in [0.717, 1.165) is 23.0 Å². The van der Waals surface area contributed by atoms with E-state index in [0.29, 0.717) is 0 Å². The van der Waals surface area contributed by atoms with E-state index in [1.54, 1.807) is 0 Å². The van der Waals surface area contributed by atoms with E-state index in [-0.39, 0.29) is 5.69 Å². The summed E-state index contributed by atoms with van der Waals surface area (Å²) in [7, 11) is 0. The average Bonchev–Trinajstić information content (AvgIpc) is 2.71. The summed E-state index contributed by atoms with van der Waals surface area (Å²) in [4.78, 5) is 20.4. The molecule has 0 aliphatic heterocycles. The van der Waals surface area contributed by atoms with Gasteiger partial charge in [-0.05, 0) is 12.1 Å². The number of hydrogen-bond acceptors (Lipinski definition) is 5. The Morgan fingerprint density at radius 3 is 2.68 bits per heavy atom. The zero-order valence-electron chi connectivity index (χ0n) is 9.15. The van der Waals surface area contributed by atoms with Gasteiger partial charge in [0, 0.05) is 6.07 Å². The maximum atomic E-state index is 13.1. The highest BCUT2D eigenvalue weighted by atomic mass is 19.1. The van der Waals surface area contributed by atoms with Gasteiger partial charge in [0.1, 0.15) is 0 Å². The molecule has 0 aliphatic rings. The number of carboxylic acids is 1. The topological polar surface area (TPSA) is 118 Å². The van der Waals surface area contributed by atoms with Crippen LogP contribution in [0.15, 0.2) is 24.4 Å². The Morgan fingerprint density at radius 1 is 1.47 bits per heavy atom. The second-order valence-electron chi connectivity index (χ2n) is 3.51. The number of nitrogens with zero attached hydrogens (tertiary/aromatic N) is 3. The first-order chi connectivity index (χ1) is 8.90. The van der Waals surface area contributed by atoms with Gasteiger partial charge >= 0.3 is 11.7 Å². The number of nitro groups is 1. The van der Waals surface area contributed by atoms with Gasteiger partial charge in [-0.15, -0.1) is 0 Å². The maximum Gasteiger partial charge on any atom is 0.360 e. The number of aromatic hydroxyl groups is 1. The van der Waals surface area contributed by atoms with Crippen molar-refractivity contribution in [3.05, 3.63) is 46.0 Å². The van der Waals surface area contributed by atoms with Crippen molar-refractivity contribution >= 4 is 11.7 Å². The van der Waals surface area contributed by atoms with Gasteiger partial charge in [0.25, 0.3) is 0 Å². The fourth-order valence-electron chi connectivity index (χ4n) is 1.43. The number of rotatable bonds is 3. The third-order valence-electron chi connectivity index (χ3n) is 2.29. The monoisotopic (exact) mass is 267 g/mol. The zero-order valence-corrected chi connectivity index (χ0v) is 9.15. The molecule has 8 nitrogen and oxygen atoms in total. The molecule has 0 radical (unpaired) electrons. The van der Waals surface area contributed by atoms with Crippen molar-refractivity contribution in [1.82, 2.24) is 9.78 Å². The Bertz CT molecular complexity index is 682. The summed E-state index contributed by atoms with van der Waals surface area (Å²) < 4.78 is 14.0. The minimum absolute atomic E-state index is 0.0518. The van der Waals surface area contributed by atoms with Crippen molar-refractivity contribution < 1.29 is 24.3 Å². The minimum atomic E-state index is -1.45. The van der Waals surface area contributed by atoms with Crippen molar-refractivity contribution in [2.75, 3.05) is 0 Å². The van der Waals surface area contributed by atoms with E-state index in [4.69, 9.17) is 5.11 Å². The lowest BCUT2D eigenvalue weighted by molar-refractivity contribution is -0.387. The van der Waals surface area contributed by atoms with Crippen LogP contribution >= 0.6 is 0 Å². The van der Waals surface area contributed by atoms with E-state index in [1.807, 2.05) is 0 Å². The molecule has 0 atom stereocenters. The van der Waals surface area contributed by atoms with Gasteiger partial charge in [-0.1, -0.05) is 0 Å². The van der Waals surface area contributed by atoms with Gasteiger partial charge < -0.3 is 10.2 Å². The van der Waals surface area contributed by atoms with Gasteiger partial charge in [-0.25, -0.2) is 9.48 Å². The van der Waals surface area contributed by atoms with E-state index < -0.39 is 33.8 Å². The molecule has 0 spiro atoms. The molecule has 0 saturated heterocycles. The summed E-state index contributed by atoms with van der Waals surface area (Å²) in [5.41, 5.74) is -1.33. The van der Waals surface area contributed by atoms with Crippen LogP contribution in [0.1, 0.15) is 10.5 Å². The number of aromatic carboxylic acids is 1. The lowest BCUT2D eigenvalue weighted by atomic mass is 10.2. The van der Waals surface area contributed by atoms with E-state index >= 15 is 0 Å². The fourth-order valence-corrected chi connectivity index (χ4v) is 1.43. The number of nitro benzene ring substituents is 1. The van der Waals surface area contributed by atoms with Crippen LogP contribution in [0.4, 0.5) is 10.1 Å². The molecule has 2 rings (SSSR count). The Morgan fingerprint density at radius 2 is 2.16 bits per heavy atom. The van der Waals surface area contributed by atoms with Gasteiger partial charge in [0.05, 0.1) is 16.8 Å². The summed E-state index contributed by atoms with van der Waals surface area (Å²) in [6.07, 6.45) is 0.959. The molecular formula is C10H6FN3O5. The third kappa shape index (κ3) is 2.20. The van der Waals surface area contributed by atoms with Crippen LogP contribution in [0.2, 0.25) is 0 Å². The molecule has 0 fully saturated rings. The van der Waals surface area contributed by atoms with Gasteiger partial charge in [0.2, 0.25) is 11.5 Å². The highest BCUT2D eigenvalue weighted by Crippen LogP contribution is 2.23. The standard InChI is InChI=1S/C10H6FN3O5/c11-6-2-1-5(3-7(6)14(18)19)13-4-8(15)9(12-13)10(16)17/h1-4,15H,(H,16,17). The lowest BCUT2D eigenvalue weighted by Crippen LogP contribution is -2.02. The molecule has 0 unspecified atom stereocenters. The highest BCUT2D eigenvalue weighted by Gasteiger charge is 2.19. The SMILES string of the molecule is O=C(O)c1nn(-c2ccc(F)c([N+](=O)[O-])c2)cc1O. The van der Waals surface area contributed by atoms with Crippen LogP contribution in [0.3, 0.4) is 0 Å². The highest BCUT2D eigenvalue weighted by molar-refractivity contribution is 5.88. The molecule has 0 saturated carbocycles. The number of aromatic nitrogens is 2. The van der Waals surface area contributed by atoms with Crippen LogP contribution in [0.5, 0.6) is 5.75 Å². The number of halogens is 1. The first kappa shape index (κ1) is 12.5. The quantitative estimate of drug-likeness (QED) is 0.639. The van der Waals surface area contributed by atoms with E-state index in [1.165, 1.54) is 6.07 Å². The Labute approximate surface area is 104 Å². The maximum absolute atomic E-state index is 13.1. The van der Waals surface area contributed by atoms with Crippen LogP contribution in [-0.2, 0) is 0 Å². The molecule has 98 valence electrons. The molecule has 0 bridgehead atoms. The van der Waals surface area contributed by atoms with Crippen LogP contribution < -0.4 is 0 Å². The van der Waals surface area contributed by atoms with Crippen molar-refractivity contribution in [2.24, 2.45) is 0 Å². The molecule has 0 aliphatic carbocycles. The summed E-state index contributed by atoms with van der Waals surface area (Å²) in [6.45, 7) is 0. The number of carbonyl (C=O) groups is 1. The Hall–Kier alpha value is -2.97. The van der Waals surface area contributed by atoms with Gasteiger partial charge in [-0.2, -0.15) is 9.49 Å². The van der Waals surface area contributed by atoms with Crippen molar-refractivity contribution in [1.29, 1.82) is 0 Å². The van der Waals surface area contributed by atoms with Crippen molar-refractivity contribution in [3.8, 4) is 11.4 Å². The average molecular weight is 267 g/mol. The number of hydrogen-bond donors (Lipinski definition) is 2. The lowest BCUT2D eigenvalue weighted by Gasteiger charge is -2.01. The number of benzene rings is 1. The van der Waals surface area contributed by atoms with Crippen molar-refractivity contribution in [3.63, 3.8) is 0 Å². The summed E-state index contributed by atoms with van der Waals surface area (Å²) >= 11 is 0. The number of carboxylic acid groups (broad SMARTS) is 1. The van der Waals surface area contributed by atoms with Crippen LogP contribution in [0, 0.1) is 15.9 Å². The predicted molar refractivity (Wildman–Crippen MR) is 58.8 cm³/mol. The van der Waals surface area contributed by atoms with Gasteiger partial charge in [-0.3, -0.25) is 10.1 Å². The first-order valence-electron chi connectivity index (χ1n) is 4.86. The van der Waals surface area contributed by atoms with Gasteiger partial charge in [0.15, 0.2) is 5.75 Å². The van der Waals surface area contributed by atoms with Crippen LogP contribution in [-0.4, -0.2) is 30.9 Å². The van der Waals surface area contributed by atoms with E-state index in [2.05, 4.69) is 5.10 Å². The molecule has 1 aromatic carbocycles. The molecular weight excluding hydrogens is 261 g/mol. The predicted octanol–water partition coefficient (Wildman–Crippen LogP) is 1.32. The third-order valence-corrected chi connectivity index (χ3v) is 2.29. The first-order valence-corrected chi connectivity index (χ1v) is 4.86. The summed E-state index contributed by atoms with van der Waals surface area (Å²) in [6, 6.07) is 2.90. The van der Waals surface area contributed by atoms with Crippen LogP contribution in [0.25, 0.3) is 5.69 Å². The summed E-state index contributed by atoms with van der Waals surface area (Å²) in [5.74, 6) is -3.07. The second kappa shape index (κ2) is 4.37. The molecule has 0 amide bonds. The van der Waals surface area contributed by atoms with E-state index in [9.17, 15) is 24.4 Å².